The monoisotopic (exact) mass is 353 g/mol. The zero-order chi connectivity index (χ0) is 11.8. The average molecular weight is 353 g/mol. The first-order chi connectivity index (χ1) is 7.77. The van der Waals surface area contributed by atoms with Crippen LogP contribution in [0.15, 0.2) is 17.3 Å². The lowest BCUT2D eigenvalue weighted by molar-refractivity contribution is 0.203. The molecule has 98 valence electrons. The first kappa shape index (κ1) is 16.2. The number of guanidine groups is 1. The number of nitrogens with zero attached hydrogens (tertiary/aromatic N) is 3. The molecule has 6 nitrogen and oxygen atoms in total. The van der Waals surface area contributed by atoms with Gasteiger partial charge in [-0.1, -0.05) is 0 Å². The molecular weight excluding hydrogens is 333 g/mol. The minimum Gasteiger partial charge on any atom is -0.383 e. The van der Waals surface area contributed by atoms with Gasteiger partial charge in [-0.3, -0.25) is 9.67 Å². The molecule has 0 amide bonds. The molecule has 0 atom stereocenters. The molecule has 1 rings (SSSR count). The molecule has 0 spiro atoms. The van der Waals surface area contributed by atoms with E-state index in [1.165, 1.54) is 0 Å². The van der Waals surface area contributed by atoms with Crippen LogP contribution in [0.4, 0.5) is 0 Å². The van der Waals surface area contributed by atoms with E-state index in [1.54, 1.807) is 20.4 Å². The summed E-state index contributed by atoms with van der Waals surface area (Å²) < 4.78 is 6.78. The molecule has 0 unspecified atom stereocenters. The molecule has 1 aromatic rings. The van der Waals surface area contributed by atoms with Gasteiger partial charge in [-0.05, 0) is 6.07 Å². The normalized spacial score (nSPS) is 10.9. The van der Waals surface area contributed by atoms with Crippen LogP contribution in [0.5, 0.6) is 0 Å². The fourth-order valence-electron chi connectivity index (χ4n) is 1.24. The Balaban J connectivity index is 0.00000256. The molecular formula is C10H20IN5O. The van der Waals surface area contributed by atoms with Crippen LogP contribution in [0.1, 0.15) is 5.69 Å². The molecule has 0 fully saturated rings. The number of ether oxygens (including phenoxy) is 1. The molecule has 0 radical (unpaired) electrons. The van der Waals surface area contributed by atoms with Crippen LogP contribution in [0.2, 0.25) is 0 Å². The number of hydrogen-bond acceptors (Lipinski definition) is 3. The van der Waals surface area contributed by atoms with Gasteiger partial charge in [-0.2, -0.15) is 5.10 Å². The SMILES string of the molecule is CN=C(NCCOC)NCc1ccnn1C.I. The molecule has 0 saturated carbocycles. The smallest absolute Gasteiger partial charge is 0.191 e. The van der Waals surface area contributed by atoms with Crippen molar-refractivity contribution in [3.8, 4) is 0 Å². The molecule has 17 heavy (non-hydrogen) atoms. The van der Waals surface area contributed by atoms with Gasteiger partial charge in [0.2, 0.25) is 0 Å². The van der Waals surface area contributed by atoms with Gasteiger partial charge in [-0.15, -0.1) is 24.0 Å². The topological polar surface area (TPSA) is 63.5 Å². The zero-order valence-electron chi connectivity index (χ0n) is 10.4. The Bertz CT molecular complexity index is 339. The van der Waals surface area contributed by atoms with Crippen LogP contribution >= 0.6 is 24.0 Å². The standard InChI is InChI=1S/C10H19N5O.HI/c1-11-10(12-6-7-16-3)13-8-9-4-5-14-15(9)2;/h4-5H,6-8H2,1-3H3,(H2,11,12,13);1H. The van der Waals surface area contributed by atoms with E-state index in [1.807, 2.05) is 17.8 Å². The summed E-state index contributed by atoms with van der Waals surface area (Å²) in [5.74, 6) is 0.762. The first-order valence-corrected chi connectivity index (χ1v) is 5.18. The maximum Gasteiger partial charge on any atom is 0.191 e. The fraction of sp³-hybridized carbons (Fsp3) is 0.600. The van der Waals surface area contributed by atoms with Gasteiger partial charge in [0.25, 0.3) is 0 Å². The van der Waals surface area contributed by atoms with Crippen LogP contribution in [-0.2, 0) is 18.3 Å². The number of halogens is 1. The van der Waals surface area contributed by atoms with E-state index in [9.17, 15) is 0 Å². The van der Waals surface area contributed by atoms with Crippen molar-refractivity contribution >= 4 is 29.9 Å². The quantitative estimate of drug-likeness (QED) is 0.347. The van der Waals surface area contributed by atoms with Crippen molar-refractivity contribution in [2.75, 3.05) is 27.3 Å². The maximum absolute atomic E-state index is 4.95. The van der Waals surface area contributed by atoms with Gasteiger partial charge >= 0.3 is 0 Å². The summed E-state index contributed by atoms with van der Waals surface area (Å²) in [6, 6.07) is 1.97. The molecule has 7 heteroatoms. The zero-order valence-corrected chi connectivity index (χ0v) is 12.8. The summed E-state index contributed by atoms with van der Waals surface area (Å²) in [6.07, 6.45) is 1.78. The van der Waals surface area contributed by atoms with E-state index in [-0.39, 0.29) is 24.0 Å². The highest BCUT2D eigenvalue weighted by molar-refractivity contribution is 14.0. The average Bonchev–Trinajstić information content (AvgIpc) is 2.69. The third-order valence-corrected chi connectivity index (χ3v) is 2.18. The van der Waals surface area contributed by atoms with Gasteiger partial charge in [0.15, 0.2) is 5.96 Å². The van der Waals surface area contributed by atoms with E-state index in [4.69, 9.17) is 4.74 Å². The van der Waals surface area contributed by atoms with Crippen molar-refractivity contribution in [1.29, 1.82) is 0 Å². The van der Waals surface area contributed by atoms with Crippen molar-refractivity contribution in [2.45, 2.75) is 6.54 Å². The summed E-state index contributed by atoms with van der Waals surface area (Å²) in [5.41, 5.74) is 1.11. The van der Waals surface area contributed by atoms with Crippen molar-refractivity contribution < 1.29 is 4.74 Å². The van der Waals surface area contributed by atoms with Crippen molar-refractivity contribution in [3.05, 3.63) is 18.0 Å². The van der Waals surface area contributed by atoms with Gasteiger partial charge in [-0.25, -0.2) is 0 Å². The molecule has 0 bridgehead atoms. The lowest BCUT2D eigenvalue weighted by Gasteiger charge is -2.11. The Kier molecular flexibility index (Phi) is 8.78. The second kappa shape index (κ2) is 9.23. The highest BCUT2D eigenvalue weighted by atomic mass is 127. The third kappa shape index (κ3) is 5.87. The second-order valence-electron chi connectivity index (χ2n) is 3.29. The van der Waals surface area contributed by atoms with Gasteiger partial charge in [0.1, 0.15) is 0 Å². The van der Waals surface area contributed by atoms with Crippen molar-refractivity contribution in [1.82, 2.24) is 20.4 Å². The fourth-order valence-corrected chi connectivity index (χ4v) is 1.24. The highest BCUT2D eigenvalue weighted by Gasteiger charge is 2.00. The molecule has 0 aliphatic carbocycles. The van der Waals surface area contributed by atoms with Crippen LogP contribution in [-0.4, -0.2) is 43.0 Å². The second-order valence-corrected chi connectivity index (χ2v) is 3.29. The van der Waals surface area contributed by atoms with Gasteiger partial charge < -0.3 is 15.4 Å². The van der Waals surface area contributed by atoms with Crippen molar-refractivity contribution in [3.63, 3.8) is 0 Å². The number of nitrogens with one attached hydrogen (secondary N) is 2. The molecule has 1 aromatic heterocycles. The summed E-state index contributed by atoms with van der Waals surface area (Å²) in [6.45, 7) is 2.09. The molecule has 0 aliphatic rings. The van der Waals surface area contributed by atoms with E-state index in [0.29, 0.717) is 13.2 Å². The Morgan fingerprint density at radius 2 is 2.29 bits per heavy atom. The van der Waals surface area contributed by atoms with Crippen molar-refractivity contribution in [2.24, 2.45) is 12.0 Å². The van der Waals surface area contributed by atoms with E-state index >= 15 is 0 Å². The van der Waals surface area contributed by atoms with E-state index in [0.717, 1.165) is 18.2 Å². The number of aromatic nitrogens is 2. The minimum atomic E-state index is 0. The van der Waals surface area contributed by atoms with Crippen LogP contribution in [0.3, 0.4) is 0 Å². The van der Waals surface area contributed by atoms with Gasteiger partial charge in [0.05, 0.1) is 18.8 Å². The minimum absolute atomic E-state index is 0. The number of methoxy groups -OCH3 is 1. The Morgan fingerprint density at radius 1 is 1.53 bits per heavy atom. The Hall–Kier alpha value is -0.830. The van der Waals surface area contributed by atoms with Gasteiger partial charge in [0, 0.05) is 33.9 Å². The number of aliphatic imine (C=N–C) groups is 1. The summed E-state index contributed by atoms with van der Waals surface area (Å²) in [7, 11) is 5.33. The molecule has 0 aliphatic heterocycles. The summed E-state index contributed by atoms with van der Waals surface area (Å²) >= 11 is 0. The first-order valence-electron chi connectivity index (χ1n) is 5.18. The summed E-state index contributed by atoms with van der Waals surface area (Å²) in [5, 5.41) is 10.4. The predicted molar refractivity (Wildman–Crippen MR) is 78.7 cm³/mol. The summed E-state index contributed by atoms with van der Waals surface area (Å²) in [4.78, 5) is 4.10. The lowest BCUT2D eigenvalue weighted by atomic mass is 10.4. The number of hydrogen-bond donors (Lipinski definition) is 2. The third-order valence-electron chi connectivity index (χ3n) is 2.18. The Labute approximate surface area is 119 Å². The largest absolute Gasteiger partial charge is 0.383 e. The highest BCUT2D eigenvalue weighted by Crippen LogP contribution is 1.94. The molecule has 1 heterocycles. The van der Waals surface area contributed by atoms with E-state index < -0.39 is 0 Å². The Morgan fingerprint density at radius 3 is 2.82 bits per heavy atom. The number of aryl methyl sites for hydroxylation is 1. The predicted octanol–water partition coefficient (Wildman–Crippen LogP) is 0.349. The molecule has 0 saturated heterocycles. The van der Waals surface area contributed by atoms with Crippen LogP contribution in [0, 0.1) is 0 Å². The van der Waals surface area contributed by atoms with Crippen LogP contribution in [0.25, 0.3) is 0 Å². The number of rotatable bonds is 5. The van der Waals surface area contributed by atoms with Crippen LogP contribution < -0.4 is 10.6 Å². The lowest BCUT2D eigenvalue weighted by Crippen LogP contribution is -2.38. The molecule has 2 N–H and O–H groups in total. The molecule has 0 aromatic carbocycles. The maximum atomic E-state index is 4.95. The van der Waals surface area contributed by atoms with E-state index in [2.05, 4.69) is 20.7 Å².